The standard InChI is InChI=1S/C17H25N/c1-3-7-14(8-4-1)13-17-16(11-12-18-17)15-9-5-2-6-10-15/h1,3-4,7-8,15-18H,2,5-6,9-13H2. The summed E-state index contributed by atoms with van der Waals surface area (Å²) in [6.45, 7) is 1.23. The fraction of sp³-hybridized carbons (Fsp3) is 0.647. The maximum absolute atomic E-state index is 3.75. The van der Waals surface area contributed by atoms with Crippen LogP contribution in [0.3, 0.4) is 0 Å². The van der Waals surface area contributed by atoms with Gasteiger partial charge in [-0.2, -0.15) is 0 Å². The van der Waals surface area contributed by atoms with Gasteiger partial charge < -0.3 is 5.32 Å². The van der Waals surface area contributed by atoms with Crippen LogP contribution in [-0.4, -0.2) is 12.6 Å². The van der Waals surface area contributed by atoms with E-state index in [1.54, 1.807) is 0 Å². The lowest BCUT2D eigenvalue weighted by atomic mass is 9.75. The van der Waals surface area contributed by atoms with Crippen LogP contribution in [0.2, 0.25) is 0 Å². The van der Waals surface area contributed by atoms with Gasteiger partial charge in [-0.05, 0) is 36.8 Å². The Balaban J connectivity index is 1.63. The molecule has 0 aromatic heterocycles. The molecule has 0 bridgehead atoms. The molecule has 18 heavy (non-hydrogen) atoms. The molecular weight excluding hydrogens is 218 g/mol. The van der Waals surface area contributed by atoms with E-state index in [4.69, 9.17) is 0 Å². The van der Waals surface area contributed by atoms with Crippen molar-refractivity contribution < 1.29 is 0 Å². The van der Waals surface area contributed by atoms with Gasteiger partial charge >= 0.3 is 0 Å². The highest BCUT2D eigenvalue weighted by atomic mass is 15.0. The van der Waals surface area contributed by atoms with Crippen LogP contribution in [0.5, 0.6) is 0 Å². The molecule has 2 unspecified atom stereocenters. The van der Waals surface area contributed by atoms with Crippen molar-refractivity contribution in [3.05, 3.63) is 35.9 Å². The Kier molecular flexibility index (Phi) is 3.99. The van der Waals surface area contributed by atoms with Crippen LogP contribution in [0.4, 0.5) is 0 Å². The third-order valence-electron chi connectivity index (χ3n) is 4.95. The number of hydrogen-bond donors (Lipinski definition) is 1. The third-order valence-corrected chi connectivity index (χ3v) is 4.95. The van der Waals surface area contributed by atoms with E-state index < -0.39 is 0 Å². The molecule has 2 atom stereocenters. The molecule has 1 aromatic rings. The second kappa shape index (κ2) is 5.88. The molecule has 1 heterocycles. The first kappa shape index (κ1) is 12.2. The predicted octanol–water partition coefficient (Wildman–Crippen LogP) is 3.79. The summed E-state index contributed by atoms with van der Waals surface area (Å²) in [6, 6.07) is 11.7. The Morgan fingerprint density at radius 3 is 2.50 bits per heavy atom. The van der Waals surface area contributed by atoms with Crippen LogP contribution in [0.25, 0.3) is 0 Å². The first-order valence-electron chi connectivity index (χ1n) is 7.71. The summed E-state index contributed by atoms with van der Waals surface area (Å²) in [5.74, 6) is 1.94. The molecule has 1 nitrogen and oxygen atoms in total. The van der Waals surface area contributed by atoms with Crippen molar-refractivity contribution in [3.63, 3.8) is 0 Å². The molecule has 0 radical (unpaired) electrons. The van der Waals surface area contributed by atoms with Gasteiger partial charge in [0.2, 0.25) is 0 Å². The summed E-state index contributed by atoms with van der Waals surface area (Å²) >= 11 is 0. The normalized spacial score (nSPS) is 29.6. The van der Waals surface area contributed by atoms with Gasteiger partial charge in [0.05, 0.1) is 0 Å². The summed E-state index contributed by atoms with van der Waals surface area (Å²) in [7, 11) is 0. The molecule has 0 amide bonds. The fourth-order valence-electron chi connectivity index (χ4n) is 4.01. The lowest BCUT2D eigenvalue weighted by Gasteiger charge is -2.31. The Morgan fingerprint density at radius 2 is 1.72 bits per heavy atom. The molecule has 1 aromatic carbocycles. The van der Waals surface area contributed by atoms with Crippen molar-refractivity contribution in [2.75, 3.05) is 6.54 Å². The van der Waals surface area contributed by atoms with E-state index in [-0.39, 0.29) is 0 Å². The van der Waals surface area contributed by atoms with E-state index in [0.717, 1.165) is 17.9 Å². The van der Waals surface area contributed by atoms with Crippen LogP contribution in [0.15, 0.2) is 30.3 Å². The van der Waals surface area contributed by atoms with Crippen molar-refractivity contribution in [3.8, 4) is 0 Å². The van der Waals surface area contributed by atoms with E-state index in [0.29, 0.717) is 0 Å². The molecule has 3 rings (SSSR count). The molecule has 98 valence electrons. The van der Waals surface area contributed by atoms with Gasteiger partial charge in [0.15, 0.2) is 0 Å². The number of hydrogen-bond acceptors (Lipinski definition) is 1. The number of rotatable bonds is 3. The molecule has 0 spiro atoms. The Bertz CT molecular complexity index is 353. The van der Waals surface area contributed by atoms with E-state index in [1.807, 2.05) is 0 Å². The van der Waals surface area contributed by atoms with Gasteiger partial charge in [0.1, 0.15) is 0 Å². The van der Waals surface area contributed by atoms with Gasteiger partial charge in [-0.15, -0.1) is 0 Å². The quantitative estimate of drug-likeness (QED) is 0.851. The van der Waals surface area contributed by atoms with E-state index in [1.165, 1.54) is 57.1 Å². The SMILES string of the molecule is c1ccc(CC2NCCC2C2CCCCC2)cc1. The van der Waals surface area contributed by atoms with Crippen molar-refractivity contribution in [2.24, 2.45) is 11.8 Å². The van der Waals surface area contributed by atoms with Crippen molar-refractivity contribution in [1.29, 1.82) is 0 Å². The monoisotopic (exact) mass is 243 g/mol. The second-order valence-corrected chi connectivity index (χ2v) is 6.10. The van der Waals surface area contributed by atoms with Gasteiger partial charge in [0.25, 0.3) is 0 Å². The Morgan fingerprint density at radius 1 is 0.944 bits per heavy atom. The zero-order valence-electron chi connectivity index (χ0n) is 11.3. The highest BCUT2D eigenvalue weighted by Gasteiger charge is 2.33. The summed E-state index contributed by atoms with van der Waals surface area (Å²) in [5, 5.41) is 3.75. The predicted molar refractivity (Wildman–Crippen MR) is 76.6 cm³/mol. The average molecular weight is 243 g/mol. The molecule has 1 saturated heterocycles. The van der Waals surface area contributed by atoms with Crippen LogP contribution >= 0.6 is 0 Å². The minimum atomic E-state index is 0.732. The smallest absolute Gasteiger partial charge is 0.0139 e. The lowest BCUT2D eigenvalue weighted by Crippen LogP contribution is -2.33. The number of nitrogens with one attached hydrogen (secondary N) is 1. The zero-order chi connectivity index (χ0) is 12.2. The minimum Gasteiger partial charge on any atom is -0.313 e. The molecular formula is C17H25N. The Labute approximate surface area is 111 Å². The molecule has 2 aliphatic rings. The first-order valence-corrected chi connectivity index (χ1v) is 7.71. The molecule has 1 aliphatic heterocycles. The summed E-state index contributed by atoms with van der Waals surface area (Å²) in [5.41, 5.74) is 1.50. The average Bonchev–Trinajstić information content (AvgIpc) is 2.89. The van der Waals surface area contributed by atoms with Crippen molar-refractivity contribution in [1.82, 2.24) is 5.32 Å². The summed E-state index contributed by atoms with van der Waals surface area (Å²) in [6.07, 6.45) is 10.0. The molecule has 1 heteroatoms. The topological polar surface area (TPSA) is 12.0 Å². The second-order valence-electron chi connectivity index (χ2n) is 6.10. The summed E-state index contributed by atoms with van der Waals surface area (Å²) < 4.78 is 0. The molecule has 1 N–H and O–H groups in total. The zero-order valence-corrected chi connectivity index (χ0v) is 11.3. The maximum atomic E-state index is 3.75. The number of benzene rings is 1. The van der Waals surface area contributed by atoms with Gasteiger partial charge in [0, 0.05) is 6.04 Å². The fourth-order valence-corrected chi connectivity index (χ4v) is 4.01. The highest BCUT2D eigenvalue weighted by Crippen LogP contribution is 2.36. The minimum absolute atomic E-state index is 0.732. The molecule has 1 aliphatic carbocycles. The highest BCUT2D eigenvalue weighted by molar-refractivity contribution is 5.16. The van der Waals surface area contributed by atoms with Gasteiger partial charge in [-0.1, -0.05) is 62.4 Å². The van der Waals surface area contributed by atoms with E-state index >= 15 is 0 Å². The molecule has 1 saturated carbocycles. The Hall–Kier alpha value is -0.820. The van der Waals surface area contributed by atoms with E-state index in [2.05, 4.69) is 35.6 Å². The third kappa shape index (κ3) is 2.77. The first-order chi connectivity index (χ1) is 8.93. The molecule has 2 fully saturated rings. The van der Waals surface area contributed by atoms with E-state index in [9.17, 15) is 0 Å². The van der Waals surface area contributed by atoms with Crippen molar-refractivity contribution in [2.45, 2.75) is 51.0 Å². The summed E-state index contributed by atoms with van der Waals surface area (Å²) in [4.78, 5) is 0. The van der Waals surface area contributed by atoms with Gasteiger partial charge in [-0.3, -0.25) is 0 Å². The lowest BCUT2D eigenvalue weighted by molar-refractivity contribution is 0.228. The largest absolute Gasteiger partial charge is 0.313 e. The van der Waals surface area contributed by atoms with Gasteiger partial charge in [-0.25, -0.2) is 0 Å². The van der Waals surface area contributed by atoms with Crippen LogP contribution in [0.1, 0.15) is 44.1 Å². The van der Waals surface area contributed by atoms with Crippen molar-refractivity contribution >= 4 is 0 Å². The van der Waals surface area contributed by atoms with Crippen LogP contribution in [-0.2, 0) is 6.42 Å². The van der Waals surface area contributed by atoms with Crippen LogP contribution < -0.4 is 5.32 Å². The maximum Gasteiger partial charge on any atom is 0.0139 e. The van der Waals surface area contributed by atoms with Crippen LogP contribution in [0, 0.1) is 11.8 Å².